The summed E-state index contributed by atoms with van der Waals surface area (Å²) in [5, 5.41) is 4.18. The highest BCUT2D eigenvalue weighted by atomic mass is 16.5. The fourth-order valence-electron chi connectivity index (χ4n) is 2.34. The molecule has 0 aliphatic carbocycles. The van der Waals surface area contributed by atoms with E-state index in [1.165, 1.54) is 6.20 Å². The molecule has 0 unspecified atom stereocenters. The Hall–Kier alpha value is -1.89. The molecule has 0 bridgehead atoms. The third-order valence-corrected chi connectivity index (χ3v) is 3.30. The third kappa shape index (κ3) is 1.97. The van der Waals surface area contributed by atoms with Crippen LogP contribution in [0.2, 0.25) is 0 Å². The van der Waals surface area contributed by atoms with E-state index in [1.54, 1.807) is 4.68 Å². The molecular weight excluding hydrogens is 236 g/mol. The van der Waals surface area contributed by atoms with Crippen LogP contribution < -0.4 is 11.2 Å². The minimum absolute atomic E-state index is 0.390. The molecule has 2 N–H and O–H groups in total. The second kappa shape index (κ2) is 4.41. The minimum Gasteiger partial charge on any atom is -0.381 e. The summed E-state index contributed by atoms with van der Waals surface area (Å²) in [5.74, 6) is 0.466. The lowest BCUT2D eigenvalue weighted by molar-refractivity contribution is 0.0605. The van der Waals surface area contributed by atoms with E-state index >= 15 is 0 Å². The summed E-state index contributed by atoms with van der Waals surface area (Å²) >= 11 is 0. The summed E-state index contributed by atoms with van der Waals surface area (Å²) in [6.45, 7) is 2.20. The first-order valence-electron chi connectivity index (χ1n) is 6.00. The molecule has 0 amide bonds. The van der Waals surface area contributed by atoms with Crippen LogP contribution in [0.15, 0.2) is 15.8 Å². The van der Waals surface area contributed by atoms with Gasteiger partial charge in [-0.1, -0.05) is 0 Å². The number of H-pyrrole nitrogens is 2. The van der Waals surface area contributed by atoms with E-state index in [0.29, 0.717) is 23.5 Å². The van der Waals surface area contributed by atoms with Crippen molar-refractivity contribution in [1.29, 1.82) is 0 Å². The number of nitrogens with one attached hydrogen (secondary N) is 2. The first kappa shape index (κ1) is 11.2. The summed E-state index contributed by atoms with van der Waals surface area (Å²) < 4.78 is 6.97. The second-order valence-electron chi connectivity index (χ2n) is 4.55. The van der Waals surface area contributed by atoms with Crippen molar-refractivity contribution >= 4 is 11.0 Å². The number of hydrogen-bond acceptors (Lipinski definition) is 4. The van der Waals surface area contributed by atoms with Gasteiger partial charge < -0.3 is 9.72 Å². The lowest BCUT2D eigenvalue weighted by Gasteiger charge is -2.21. The van der Waals surface area contributed by atoms with E-state index in [2.05, 4.69) is 15.1 Å². The highest BCUT2D eigenvalue weighted by Crippen LogP contribution is 2.17. The van der Waals surface area contributed by atoms with Crippen molar-refractivity contribution in [2.75, 3.05) is 13.2 Å². The lowest BCUT2D eigenvalue weighted by atomic mass is 10.0. The molecule has 7 heteroatoms. The number of aromatic nitrogens is 4. The van der Waals surface area contributed by atoms with Crippen LogP contribution in [-0.2, 0) is 11.3 Å². The van der Waals surface area contributed by atoms with Crippen LogP contribution in [0.3, 0.4) is 0 Å². The average Bonchev–Trinajstić information content (AvgIpc) is 2.73. The Bertz CT molecular complexity index is 663. The van der Waals surface area contributed by atoms with Crippen LogP contribution in [0, 0.1) is 5.92 Å². The van der Waals surface area contributed by atoms with Crippen LogP contribution in [-0.4, -0.2) is 33.0 Å². The molecule has 1 aliphatic rings. The highest BCUT2D eigenvalue weighted by molar-refractivity contribution is 5.72. The molecule has 3 heterocycles. The maximum Gasteiger partial charge on any atom is 0.326 e. The Morgan fingerprint density at radius 1 is 1.33 bits per heavy atom. The molecule has 3 rings (SSSR count). The molecular formula is C11H14N4O3. The van der Waals surface area contributed by atoms with E-state index < -0.39 is 11.2 Å². The Morgan fingerprint density at radius 3 is 2.89 bits per heavy atom. The molecule has 1 saturated heterocycles. The summed E-state index contributed by atoms with van der Waals surface area (Å²) in [6, 6.07) is 0. The van der Waals surface area contributed by atoms with E-state index in [4.69, 9.17) is 4.74 Å². The van der Waals surface area contributed by atoms with Crippen molar-refractivity contribution in [3.63, 3.8) is 0 Å². The summed E-state index contributed by atoms with van der Waals surface area (Å²) in [6.07, 6.45) is 3.47. The van der Waals surface area contributed by atoms with Crippen LogP contribution >= 0.6 is 0 Å². The van der Waals surface area contributed by atoms with Crippen LogP contribution in [0.1, 0.15) is 12.8 Å². The molecule has 0 radical (unpaired) electrons. The van der Waals surface area contributed by atoms with E-state index in [1.807, 2.05) is 0 Å². The van der Waals surface area contributed by atoms with Gasteiger partial charge >= 0.3 is 5.69 Å². The van der Waals surface area contributed by atoms with Gasteiger partial charge in [-0.25, -0.2) is 4.79 Å². The molecule has 0 spiro atoms. The molecule has 0 aromatic carbocycles. The van der Waals surface area contributed by atoms with E-state index in [9.17, 15) is 9.59 Å². The Morgan fingerprint density at radius 2 is 2.11 bits per heavy atom. The zero-order valence-corrected chi connectivity index (χ0v) is 9.81. The van der Waals surface area contributed by atoms with Crippen molar-refractivity contribution < 1.29 is 4.74 Å². The molecule has 2 aromatic heterocycles. The van der Waals surface area contributed by atoms with Crippen molar-refractivity contribution in [1.82, 2.24) is 19.7 Å². The van der Waals surface area contributed by atoms with Gasteiger partial charge in [0.25, 0.3) is 5.56 Å². The van der Waals surface area contributed by atoms with Crippen molar-refractivity contribution in [3.8, 4) is 0 Å². The first-order valence-corrected chi connectivity index (χ1v) is 6.00. The van der Waals surface area contributed by atoms with Gasteiger partial charge in [0.15, 0.2) is 0 Å². The van der Waals surface area contributed by atoms with E-state index in [0.717, 1.165) is 26.1 Å². The number of aromatic amines is 2. The SMILES string of the molecule is O=c1[nH]c(=O)c2c(cnn2CC2CCOCC2)[nH]1. The molecule has 18 heavy (non-hydrogen) atoms. The van der Waals surface area contributed by atoms with E-state index in [-0.39, 0.29) is 0 Å². The number of fused-ring (bicyclic) bond motifs is 1. The molecule has 0 atom stereocenters. The van der Waals surface area contributed by atoms with Gasteiger partial charge in [0.1, 0.15) is 5.52 Å². The van der Waals surface area contributed by atoms with Gasteiger partial charge in [-0.15, -0.1) is 0 Å². The molecule has 1 aliphatic heterocycles. The van der Waals surface area contributed by atoms with Crippen molar-refractivity contribution in [2.45, 2.75) is 19.4 Å². The molecule has 1 fully saturated rings. The summed E-state index contributed by atoms with van der Waals surface area (Å²) in [5.41, 5.74) is 0.0216. The predicted octanol–water partition coefficient (Wildman–Crippen LogP) is -0.161. The molecule has 2 aromatic rings. The number of ether oxygens (including phenoxy) is 1. The molecule has 7 nitrogen and oxygen atoms in total. The van der Waals surface area contributed by atoms with Gasteiger partial charge in [-0.2, -0.15) is 5.10 Å². The van der Waals surface area contributed by atoms with Gasteiger partial charge in [-0.3, -0.25) is 14.5 Å². The van der Waals surface area contributed by atoms with Crippen molar-refractivity contribution in [2.24, 2.45) is 5.92 Å². The fraction of sp³-hybridized carbons (Fsp3) is 0.545. The molecule has 96 valence electrons. The maximum absolute atomic E-state index is 11.8. The zero-order chi connectivity index (χ0) is 12.5. The number of nitrogens with zero attached hydrogens (tertiary/aromatic N) is 2. The van der Waals surface area contributed by atoms with Crippen LogP contribution in [0.25, 0.3) is 11.0 Å². The number of rotatable bonds is 2. The number of hydrogen-bond donors (Lipinski definition) is 2. The predicted molar refractivity (Wildman–Crippen MR) is 64.5 cm³/mol. The summed E-state index contributed by atoms with van der Waals surface area (Å²) in [4.78, 5) is 27.7. The maximum atomic E-state index is 11.8. The standard InChI is InChI=1S/C11H14N4O3/c16-10-9-8(13-11(17)14-10)5-12-15(9)6-7-1-3-18-4-2-7/h5,7H,1-4,6H2,(H2,13,14,16,17). The summed E-state index contributed by atoms with van der Waals surface area (Å²) in [7, 11) is 0. The normalized spacial score (nSPS) is 17.3. The van der Waals surface area contributed by atoms with Gasteiger partial charge in [-0.05, 0) is 18.8 Å². The second-order valence-corrected chi connectivity index (χ2v) is 4.55. The Kier molecular flexibility index (Phi) is 2.75. The quantitative estimate of drug-likeness (QED) is 0.774. The minimum atomic E-state index is -0.502. The highest BCUT2D eigenvalue weighted by Gasteiger charge is 2.17. The van der Waals surface area contributed by atoms with Crippen LogP contribution in [0.4, 0.5) is 0 Å². The smallest absolute Gasteiger partial charge is 0.326 e. The fourth-order valence-corrected chi connectivity index (χ4v) is 2.34. The topological polar surface area (TPSA) is 92.8 Å². The average molecular weight is 250 g/mol. The van der Waals surface area contributed by atoms with Crippen molar-refractivity contribution in [3.05, 3.63) is 27.0 Å². The van der Waals surface area contributed by atoms with Gasteiger partial charge in [0.2, 0.25) is 0 Å². The van der Waals surface area contributed by atoms with Crippen LogP contribution in [0.5, 0.6) is 0 Å². The van der Waals surface area contributed by atoms with Gasteiger partial charge in [0.05, 0.1) is 11.7 Å². The monoisotopic (exact) mass is 250 g/mol. The Balaban J connectivity index is 1.97. The largest absolute Gasteiger partial charge is 0.381 e. The zero-order valence-electron chi connectivity index (χ0n) is 9.81. The Labute approximate surface area is 102 Å². The lowest BCUT2D eigenvalue weighted by Crippen LogP contribution is -2.25. The van der Waals surface area contributed by atoms with Gasteiger partial charge in [0, 0.05) is 19.8 Å². The first-order chi connectivity index (χ1) is 8.74. The molecule has 0 saturated carbocycles. The third-order valence-electron chi connectivity index (χ3n) is 3.30.